The summed E-state index contributed by atoms with van der Waals surface area (Å²) in [6.45, 7) is 0. The van der Waals surface area contributed by atoms with Gasteiger partial charge in [0.2, 0.25) is 0 Å². The Morgan fingerprint density at radius 3 is 2.37 bits per heavy atom. The summed E-state index contributed by atoms with van der Waals surface area (Å²) in [6, 6.07) is 14.3. The molecule has 0 amide bonds. The first-order valence-electron chi connectivity index (χ1n) is 6.02. The first-order chi connectivity index (χ1) is 9.33. The molecule has 0 radical (unpaired) electrons. The van der Waals surface area contributed by atoms with E-state index in [-0.39, 0.29) is 0 Å². The second kappa shape index (κ2) is 4.94. The van der Waals surface area contributed by atoms with Crippen LogP contribution in [-0.2, 0) is 0 Å². The highest BCUT2D eigenvalue weighted by molar-refractivity contribution is 7.17. The molecule has 0 spiro atoms. The van der Waals surface area contributed by atoms with Crippen molar-refractivity contribution in [3.05, 3.63) is 47.8 Å². The lowest BCUT2D eigenvalue weighted by atomic mass is 10.0. The number of benzene rings is 2. The Labute approximate surface area is 116 Å². The minimum atomic E-state index is 0.871. The van der Waals surface area contributed by atoms with Crippen molar-refractivity contribution in [2.75, 3.05) is 14.2 Å². The molecular formula is C16H14O2S. The molecular weight excluding hydrogens is 256 g/mol. The van der Waals surface area contributed by atoms with Crippen molar-refractivity contribution >= 4 is 21.4 Å². The summed E-state index contributed by atoms with van der Waals surface area (Å²) in [5.74, 6) is 1.79. The van der Waals surface area contributed by atoms with Crippen LogP contribution in [0.3, 0.4) is 0 Å². The van der Waals surface area contributed by atoms with Crippen molar-refractivity contribution in [1.29, 1.82) is 0 Å². The van der Waals surface area contributed by atoms with Gasteiger partial charge in [0.15, 0.2) is 0 Å². The molecule has 0 saturated heterocycles. The van der Waals surface area contributed by atoms with Gasteiger partial charge in [-0.15, -0.1) is 11.3 Å². The summed E-state index contributed by atoms with van der Waals surface area (Å²) in [5, 5.41) is 3.36. The molecule has 0 atom stereocenters. The smallest absolute Gasteiger partial charge is 0.128 e. The Kier molecular flexibility index (Phi) is 3.13. The van der Waals surface area contributed by atoms with E-state index in [1.807, 2.05) is 24.3 Å². The molecule has 96 valence electrons. The van der Waals surface area contributed by atoms with Gasteiger partial charge in [0, 0.05) is 15.6 Å². The lowest BCUT2D eigenvalue weighted by Crippen LogP contribution is -1.85. The second-order valence-corrected chi connectivity index (χ2v) is 5.12. The van der Waals surface area contributed by atoms with Gasteiger partial charge in [-0.25, -0.2) is 0 Å². The Hall–Kier alpha value is -2.00. The highest BCUT2D eigenvalue weighted by Gasteiger charge is 2.10. The number of rotatable bonds is 3. The molecule has 19 heavy (non-hydrogen) atoms. The van der Waals surface area contributed by atoms with Crippen molar-refractivity contribution in [2.45, 2.75) is 0 Å². The van der Waals surface area contributed by atoms with E-state index in [2.05, 4.69) is 23.6 Å². The molecule has 0 aliphatic rings. The molecule has 1 heterocycles. The molecule has 3 rings (SSSR count). The fourth-order valence-corrected chi connectivity index (χ4v) is 3.19. The van der Waals surface area contributed by atoms with E-state index in [0.29, 0.717) is 0 Å². The van der Waals surface area contributed by atoms with E-state index in [9.17, 15) is 0 Å². The third-order valence-electron chi connectivity index (χ3n) is 3.18. The number of thiophene rings is 1. The minimum absolute atomic E-state index is 0.871. The average molecular weight is 270 g/mol. The van der Waals surface area contributed by atoms with Crippen LogP contribution in [-0.4, -0.2) is 14.2 Å². The average Bonchev–Trinajstić information content (AvgIpc) is 2.91. The molecule has 0 fully saturated rings. The van der Waals surface area contributed by atoms with Crippen LogP contribution in [0.2, 0.25) is 0 Å². The van der Waals surface area contributed by atoms with Crippen LogP contribution in [0.1, 0.15) is 0 Å². The standard InChI is InChI=1S/C16H14O2S/c1-17-12-8-6-11(7-9-12)13-10-19-15-5-3-4-14(18-2)16(13)15/h3-10H,1-2H3. The SMILES string of the molecule is COc1ccc(-c2csc3cccc(OC)c23)cc1. The molecule has 0 saturated carbocycles. The highest BCUT2D eigenvalue weighted by atomic mass is 32.1. The third kappa shape index (κ3) is 2.06. The molecule has 0 N–H and O–H groups in total. The monoisotopic (exact) mass is 270 g/mol. The van der Waals surface area contributed by atoms with Gasteiger partial charge in [-0.3, -0.25) is 0 Å². The topological polar surface area (TPSA) is 18.5 Å². The molecule has 1 aromatic heterocycles. The van der Waals surface area contributed by atoms with Gasteiger partial charge < -0.3 is 9.47 Å². The zero-order chi connectivity index (χ0) is 13.2. The number of fused-ring (bicyclic) bond motifs is 1. The van der Waals surface area contributed by atoms with Crippen LogP contribution in [0.5, 0.6) is 11.5 Å². The van der Waals surface area contributed by atoms with E-state index >= 15 is 0 Å². The Bertz CT molecular complexity index is 698. The number of methoxy groups -OCH3 is 2. The Balaban J connectivity index is 2.18. The van der Waals surface area contributed by atoms with Gasteiger partial charge in [-0.05, 0) is 35.2 Å². The molecule has 0 aliphatic heterocycles. The lowest BCUT2D eigenvalue weighted by Gasteiger charge is -2.06. The van der Waals surface area contributed by atoms with Gasteiger partial charge in [0.05, 0.1) is 14.2 Å². The summed E-state index contributed by atoms with van der Waals surface area (Å²) in [4.78, 5) is 0. The molecule has 0 unspecified atom stereocenters. The maximum absolute atomic E-state index is 5.47. The molecule has 3 heteroatoms. The van der Waals surface area contributed by atoms with Gasteiger partial charge >= 0.3 is 0 Å². The van der Waals surface area contributed by atoms with Crippen LogP contribution in [0.15, 0.2) is 47.8 Å². The summed E-state index contributed by atoms with van der Waals surface area (Å²) in [7, 11) is 3.39. The number of ether oxygens (including phenoxy) is 2. The fourth-order valence-electron chi connectivity index (χ4n) is 2.21. The van der Waals surface area contributed by atoms with Crippen molar-refractivity contribution in [2.24, 2.45) is 0 Å². The van der Waals surface area contributed by atoms with Crippen molar-refractivity contribution in [3.63, 3.8) is 0 Å². The zero-order valence-electron chi connectivity index (χ0n) is 10.8. The molecule has 3 aromatic rings. The van der Waals surface area contributed by atoms with E-state index in [1.54, 1.807) is 25.6 Å². The third-order valence-corrected chi connectivity index (χ3v) is 4.13. The Morgan fingerprint density at radius 1 is 0.895 bits per heavy atom. The van der Waals surface area contributed by atoms with Crippen molar-refractivity contribution < 1.29 is 9.47 Å². The molecule has 0 bridgehead atoms. The summed E-state index contributed by atoms with van der Waals surface area (Å²) in [6.07, 6.45) is 0. The summed E-state index contributed by atoms with van der Waals surface area (Å²) < 4.78 is 11.9. The van der Waals surface area contributed by atoms with Crippen LogP contribution in [0.4, 0.5) is 0 Å². The van der Waals surface area contributed by atoms with Crippen LogP contribution in [0.25, 0.3) is 21.2 Å². The predicted octanol–water partition coefficient (Wildman–Crippen LogP) is 4.59. The Morgan fingerprint density at radius 2 is 1.68 bits per heavy atom. The van der Waals surface area contributed by atoms with Crippen LogP contribution in [0, 0.1) is 0 Å². The van der Waals surface area contributed by atoms with E-state index in [1.165, 1.54) is 21.2 Å². The zero-order valence-corrected chi connectivity index (χ0v) is 11.7. The minimum Gasteiger partial charge on any atom is -0.497 e. The van der Waals surface area contributed by atoms with Crippen molar-refractivity contribution in [1.82, 2.24) is 0 Å². The highest BCUT2D eigenvalue weighted by Crippen LogP contribution is 2.39. The number of hydrogen-bond acceptors (Lipinski definition) is 3. The maximum Gasteiger partial charge on any atom is 0.128 e. The lowest BCUT2D eigenvalue weighted by molar-refractivity contribution is 0.415. The molecule has 2 aromatic carbocycles. The number of hydrogen-bond donors (Lipinski definition) is 0. The quantitative estimate of drug-likeness (QED) is 0.693. The van der Waals surface area contributed by atoms with E-state index < -0.39 is 0 Å². The second-order valence-electron chi connectivity index (χ2n) is 4.21. The van der Waals surface area contributed by atoms with Gasteiger partial charge in [-0.1, -0.05) is 18.2 Å². The fraction of sp³-hybridized carbons (Fsp3) is 0.125. The predicted molar refractivity (Wildman–Crippen MR) is 80.4 cm³/mol. The van der Waals surface area contributed by atoms with Crippen molar-refractivity contribution in [3.8, 4) is 22.6 Å². The maximum atomic E-state index is 5.47. The largest absolute Gasteiger partial charge is 0.497 e. The normalized spacial score (nSPS) is 10.6. The summed E-state index contributed by atoms with van der Waals surface area (Å²) >= 11 is 1.74. The first kappa shape index (κ1) is 12.1. The summed E-state index contributed by atoms with van der Waals surface area (Å²) in [5.41, 5.74) is 2.39. The van der Waals surface area contributed by atoms with E-state index in [0.717, 1.165) is 11.5 Å². The molecule has 2 nitrogen and oxygen atoms in total. The molecule has 0 aliphatic carbocycles. The van der Waals surface area contributed by atoms with Gasteiger partial charge in [0.1, 0.15) is 11.5 Å². The van der Waals surface area contributed by atoms with Gasteiger partial charge in [-0.2, -0.15) is 0 Å². The van der Waals surface area contributed by atoms with Crippen LogP contribution >= 0.6 is 11.3 Å². The van der Waals surface area contributed by atoms with E-state index in [4.69, 9.17) is 9.47 Å². The van der Waals surface area contributed by atoms with Crippen LogP contribution < -0.4 is 9.47 Å². The van der Waals surface area contributed by atoms with Gasteiger partial charge in [0.25, 0.3) is 0 Å². The first-order valence-corrected chi connectivity index (χ1v) is 6.90.